The molecule has 1 aliphatic rings. The molecule has 0 bridgehead atoms. The van der Waals surface area contributed by atoms with Crippen LogP contribution in [0.15, 0.2) is 30.5 Å². The number of ether oxygens (including phenoxy) is 1. The zero-order valence-electron chi connectivity index (χ0n) is 13.1. The van der Waals surface area contributed by atoms with Crippen molar-refractivity contribution >= 4 is 34.5 Å². The van der Waals surface area contributed by atoms with E-state index in [2.05, 4.69) is 25.6 Å². The van der Waals surface area contributed by atoms with E-state index in [1.54, 1.807) is 30.5 Å². The fourth-order valence-corrected chi connectivity index (χ4v) is 2.66. The van der Waals surface area contributed by atoms with E-state index in [0.717, 1.165) is 5.56 Å². The first kappa shape index (κ1) is 16.2. The Bertz CT molecular complexity index is 999. The summed E-state index contributed by atoms with van der Waals surface area (Å²) in [6, 6.07) is 6.57. The smallest absolute Gasteiger partial charge is 0.405 e. The van der Waals surface area contributed by atoms with E-state index in [-0.39, 0.29) is 24.3 Å². The molecule has 0 aliphatic carbocycles. The summed E-state index contributed by atoms with van der Waals surface area (Å²) < 4.78 is 42.5. The molecule has 134 valence electrons. The number of aromatic nitrogens is 3. The van der Waals surface area contributed by atoms with Crippen LogP contribution in [0.1, 0.15) is 15.9 Å². The molecule has 0 radical (unpaired) electrons. The number of nitrogens with one attached hydrogen (secondary N) is 3. The summed E-state index contributed by atoms with van der Waals surface area (Å²) in [6.07, 6.45) is -2.80. The largest absolute Gasteiger partial charge is 0.457 e. The SMILES string of the molecule is O=C1OCc2cc(Nc3nc(NCC(F)(F)F)c4cc[nH]c4n3)ccc21. The maximum absolute atomic E-state index is 12.5. The zero-order chi connectivity index (χ0) is 18.3. The molecule has 4 rings (SSSR count). The lowest BCUT2D eigenvalue weighted by Gasteiger charge is -2.12. The first-order valence-electron chi connectivity index (χ1n) is 7.62. The lowest BCUT2D eigenvalue weighted by molar-refractivity contribution is -0.115. The number of hydrogen-bond acceptors (Lipinski definition) is 6. The van der Waals surface area contributed by atoms with Gasteiger partial charge in [-0.25, -0.2) is 4.79 Å². The number of fused-ring (bicyclic) bond motifs is 2. The molecule has 3 heterocycles. The number of esters is 1. The van der Waals surface area contributed by atoms with E-state index in [1.807, 2.05) is 0 Å². The highest BCUT2D eigenvalue weighted by molar-refractivity contribution is 5.94. The van der Waals surface area contributed by atoms with Crippen LogP contribution in [0.5, 0.6) is 0 Å². The maximum Gasteiger partial charge on any atom is 0.405 e. The van der Waals surface area contributed by atoms with Gasteiger partial charge in [0.05, 0.1) is 10.9 Å². The Labute approximate surface area is 144 Å². The Morgan fingerprint density at radius 2 is 2.08 bits per heavy atom. The molecular weight excluding hydrogens is 351 g/mol. The van der Waals surface area contributed by atoms with Crippen LogP contribution < -0.4 is 10.6 Å². The van der Waals surface area contributed by atoms with Crippen molar-refractivity contribution in [1.82, 2.24) is 15.0 Å². The topological polar surface area (TPSA) is 91.9 Å². The summed E-state index contributed by atoms with van der Waals surface area (Å²) in [5.74, 6) is -0.195. The number of carbonyl (C=O) groups excluding carboxylic acids is 1. The minimum atomic E-state index is -4.37. The molecule has 3 aromatic rings. The van der Waals surface area contributed by atoms with Crippen LogP contribution in [-0.2, 0) is 11.3 Å². The third kappa shape index (κ3) is 3.13. The molecule has 1 aliphatic heterocycles. The second-order valence-electron chi connectivity index (χ2n) is 5.68. The highest BCUT2D eigenvalue weighted by atomic mass is 19.4. The molecule has 0 unspecified atom stereocenters. The van der Waals surface area contributed by atoms with Crippen molar-refractivity contribution in [3.8, 4) is 0 Å². The van der Waals surface area contributed by atoms with E-state index < -0.39 is 12.7 Å². The van der Waals surface area contributed by atoms with Gasteiger partial charge in [0.1, 0.15) is 24.6 Å². The first-order chi connectivity index (χ1) is 12.4. The molecule has 7 nitrogen and oxygen atoms in total. The summed E-state index contributed by atoms with van der Waals surface area (Å²) in [5.41, 5.74) is 2.20. The van der Waals surface area contributed by atoms with Crippen molar-refractivity contribution < 1.29 is 22.7 Å². The second-order valence-corrected chi connectivity index (χ2v) is 5.68. The predicted octanol–water partition coefficient (Wildman–Crippen LogP) is 3.35. The van der Waals surface area contributed by atoms with Gasteiger partial charge in [0.2, 0.25) is 5.95 Å². The Morgan fingerprint density at radius 3 is 2.88 bits per heavy atom. The first-order valence-corrected chi connectivity index (χ1v) is 7.62. The molecule has 1 aromatic carbocycles. The molecule has 0 atom stereocenters. The average Bonchev–Trinajstić information content (AvgIpc) is 3.19. The predicted molar refractivity (Wildman–Crippen MR) is 87.3 cm³/mol. The summed E-state index contributed by atoms with van der Waals surface area (Å²) in [5, 5.41) is 5.68. The van der Waals surface area contributed by atoms with Gasteiger partial charge in [0.15, 0.2) is 0 Å². The lowest BCUT2D eigenvalue weighted by atomic mass is 10.1. The van der Waals surface area contributed by atoms with E-state index >= 15 is 0 Å². The quantitative estimate of drug-likeness (QED) is 0.616. The van der Waals surface area contributed by atoms with Gasteiger partial charge in [-0.05, 0) is 24.3 Å². The van der Waals surface area contributed by atoms with Crippen LogP contribution in [0, 0.1) is 0 Å². The normalized spacial score (nSPS) is 13.6. The van der Waals surface area contributed by atoms with Gasteiger partial charge in [0, 0.05) is 17.4 Å². The number of rotatable bonds is 4. The molecule has 0 saturated heterocycles. The Kier molecular flexibility index (Phi) is 3.67. The number of benzene rings is 1. The van der Waals surface area contributed by atoms with Gasteiger partial charge < -0.3 is 20.4 Å². The summed E-state index contributed by atoms with van der Waals surface area (Å²) in [7, 11) is 0. The number of nitrogens with zero attached hydrogens (tertiary/aromatic N) is 2. The highest BCUT2D eigenvalue weighted by Crippen LogP contribution is 2.27. The molecule has 0 fully saturated rings. The van der Waals surface area contributed by atoms with Gasteiger partial charge >= 0.3 is 12.1 Å². The molecule has 0 amide bonds. The molecule has 3 N–H and O–H groups in total. The van der Waals surface area contributed by atoms with E-state index in [0.29, 0.717) is 22.3 Å². The number of aromatic amines is 1. The second kappa shape index (κ2) is 5.90. The van der Waals surface area contributed by atoms with Crippen LogP contribution in [0.25, 0.3) is 11.0 Å². The standard InChI is InChI=1S/C16H12F3N5O2/c17-16(18,19)7-21-13-11-3-4-20-12(11)23-15(24-13)22-9-1-2-10-8(5-9)6-26-14(10)25/h1-5H,6-7H2,(H3,20,21,22,23,24). The third-order valence-corrected chi connectivity index (χ3v) is 3.81. The van der Waals surface area contributed by atoms with Crippen molar-refractivity contribution in [2.45, 2.75) is 12.8 Å². The number of halogens is 3. The van der Waals surface area contributed by atoms with Crippen LogP contribution in [-0.4, -0.2) is 33.6 Å². The van der Waals surface area contributed by atoms with Gasteiger partial charge in [-0.15, -0.1) is 0 Å². The maximum atomic E-state index is 12.5. The lowest BCUT2D eigenvalue weighted by Crippen LogP contribution is -2.22. The van der Waals surface area contributed by atoms with Crippen molar-refractivity contribution in [2.75, 3.05) is 17.2 Å². The monoisotopic (exact) mass is 363 g/mol. The molecular formula is C16H12F3N5O2. The summed E-state index contributed by atoms with van der Waals surface area (Å²) in [6.45, 7) is -1.03. The Hall–Kier alpha value is -3.30. The van der Waals surface area contributed by atoms with Crippen LogP contribution >= 0.6 is 0 Å². The van der Waals surface area contributed by atoms with Gasteiger partial charge in [0.25, 0.3) is 0 Å². The van der Waals surface area contributed by atoms with Gasteiger partial charge in [-0.1, -0.05) is 0 Å². The van der Waals surface area contributed by atoms with Crippen LogP contribution in [0.3, 0.4) is 0 Å². The Morgan fingerprint density at radius 1 is 1.23 bits per heavy atom. The Balaban J connectivity index is 1.63. The van der Waals surface area contributed by atoms with E-state index in [1.165, 1.54) is 0 Å². The third-order valence-electron chi connectivity index (χ3n) is 3.81. The number of carbonyl (C=O) groups is 1. The minimum Gasteiger partial charge on any atom is -0.457 e. The molecule has 0 saturated carbocycles. The number of cyclic esters (lactones) is 1. The van der Waals surface area contributed by atoms with Crippen LogP contribution in [0.4, 0.5) is 30.6 Å². The fourth-order valence-electron chi connectivity index (χ4n) is 2.66. The average molecular weight is 363 g/mol. The minimum absolute atomic E-state index is 0.0655. The van der Waals surface area contributed by atoms with E-state index in [9.17, 15) is 18.0 Å². The van der Waals surface area contributed by atoms with Crippen molar-refractivity contribution in [3.63, 3.8) is 0 Å². The van der Waals surface area contributed by atoms with Gasteiger partial charge in [-0.2, -0.15) is 23.1 Å². The molecule has 26 heavy (non-hydrogen) atoms. The van der Waals surface area contributed by atoms with E-state index in [4.69, 9.17) is 4.74 Å². The number of anilines is 3. The molecule has 2 aromatic heterocycles. The summed E-state index contributed by atoms with van der Waals surface area (Å²) in [4.78, 5) is 22.7. The number of H-pyrrole nitrogens is 1. The zero-order valence-corrected chi connectivity index (χ0v) is 13.1. The van der Waals surface area contributed by atoms with Crippen molar-refractivity contribution in [2.24, 2.45) is 0 Å². The summed E-state index contributed by atoms with van der Waals surface area (Å²) >= 11 is 0. The van der Waals surface area contributed by atoms with Gasteiger partial charge in [-0.3, -0.25) is 0 Å². The number of alkyl halides is 3. The molecule has 0 spiro atoms. The fraction of sp³-hybridized carbons (Fsp3) is 0.188. The van der Waals surface area contributed by atoms with Crippen molar-refractivity contribution in [1.29, 1.82) is 0 Å². The van der Waals surface area contributed by atoms with Crippen LogP contribution in [0.2, 0.25) is 0 Å². The van der Waals surface area contributed by atoms with Crippen molar-refractivity contribution in [3.05, 3.63) is 41.6 Å². The number of hydrogen-bond donors (Lipinski definition) is 3. The highest BCUT2D eigenvalue weighted by Gasteiger charge is 2.27. The molecule has 10 heteroatoms.